The van der Waals surface area contributed by atoms with Crippen LogP contribution in [0.4, 0.5) is 18.9 Å². The first-order chi connectivity index (χ1) is 27.9. The number of halogens is 3. The average molecular weight is 815 g/mol. The van der Waals surface area contributed by atoms with Crippen molar-refractivity contribution in [3.8, 4) is 33.8 Å². The predicted molar refractivity (Wildman–Crippen MR) is 209 cm³/mol. The molecule has 0 aliphatic carbocycles. The van der Waals surface area contributed by atoms with Crippen molar-refractivity contribution >= 4 is 38.4 Å². The summed E-state index contributed by atoms with van der Waals surface area (Å²) in [6, 6.07) is 16.9. The lowest BCUT2D eigenvalue weighted by Crippen LogP contribution is -2.43. The Morgan fingerprint density at radius 1 is 0.810 bits per heavy atom. The number of carbonyl (C=O) groups excluding carboxylic acids is 2. The van der Waals surface area contributed by atoms with Gasteiger partial charge in [0, 0.05) is 43.1 Å². The van der Waals surface area contributed by atoms with E-state index in [4.69, 9.17) is 18.9 Å². The summed E-state index contributed by atoms with van der Waals surface area (Å²) < 4.78 is 94.9. The Labute approximate surface area is 332 Å². The van der Waals surface area contributed by atoms with Crippen molar-refractivity contribution in [1.82, 2.24) is 15.3 Å². The van der Waals surface area contributed by atoms with E-state index < -0.39 is 56.8 Å². The smallest absolute Gasteiger partial charge is 0.328 e. The van der Waals surface area contributed by atoms with Crippen molar-refractivity contribution in [2.75, 3.05) is 32.7 Å². The van der Waals surface area contributed by atoms with Crippen LogP contribution in [0.2, 0.25) is 0 Å². The van der Waals surface area contributed by atoms with Gasteiger partial charge in [-0.1, -0.05) is 24.3 Å². The number of hydrogen-bond donors (Lipinski definition) is 2. The molecule has 2 aromatic heterocycles. The summed E-state index contributed by atoms with van der Waals surface area (Å²) in [6.07, 6.45) is 4.30. The first kappa shape index (κ1) is 41.1. The molecule has 1 atom stereocenters. The van der Waals surface area contributed by atoms with Gasteiger partial charge in [-0.2, -0.15) is 4.39 Å². The molecule has 0 aliphatic heterocycles. The Bertz CT molecular complexity index is 2560. The maximum Gasteiger partial charge on any atom is 0.328 e. The SMILES string of the molecule is CCOCc1cc(OC)c(-c2ccc(C[C@@H](NC(=O)c3c(F)cc(NS(=O)(=O)c4ccc(-c5ccnc(F)c5)cc4)cc3F)C(=O)OC)c3ccncc23)c(OC)c1. The highest BCUT2D eigenvalue weighted by Crippen LogP contribution is 2.43. The van der Waals surface area contributed by atoms with Crippen LogP contribution in [0.1, 0.15) is 28.4 Å². The minimum atomic E-state index is -4.36. The highest BCUT2D eigenvalue weighted by Gasteiger charge is 2.28. The molecule has 0 bridgehead atoms. The third kappa shape index (κ3) is 8.87. The van der Waals surface area contributed by atoms with E-state index >= 15 is 8.78 Å². The standard InChI is InChI=1S/C42H37F3N4O8S/c1-5-57-23-24-16-36(54-2)39(37(17-24)55-3)31-11-8-27(30-13-14-46-22-32(30)31)18-35(42(51)56-4)48-41(50)40-33(43)20-28(21-34(40)44)49-58(52,53)29-9-6-25(7-10-29)26-12-15-47-38(45)19-26/h6-17,19-22,35,49H,5,18,23H2,1-4H3,(H,48,50)/t35-/m1/s1. The number of fused-ring (bicyclic) bond motifs is 1. The van der Waals surface area contributed by atoms with Gasteiger partial charge in [0.05, 0.1) is 44.1 Å². The molecule has 6 aromatic rings. The van der Waals surface area contributed by atoms with Crippen LogP contribution < -0.4 is 19.5 Å². The maximum absolute atomic E-state index is 15.5. The molecule has 0 fully saturated rings. The quantitative estimate of drug-likeness (QED) is 0.0801. The summed E-state index contributed by atoms with van der Waals surface area (Å²) in [5, 5.41) is 3.67. The van der Waals surface area contributed by atoms with E-state index in [1.54, 1.807) is 36.7 Å². The Morgan fingerprint density at radius 2 is 1.50 bits per heavy atom. The molecule has 0 saturated carbocycles. The van der Waals surface area contributed by atoms with Gasteiger partial charge in [0.25, 0.3) is 15.9 Å². The van der Waals surface area contributed by atoms with Crippen molar-refractivity contribution in [2.24, 2.45) is 0 Å². The number of pyridine rings is 2. The molecule has 300 valence electrons. The third-order valence-corrected chi connectivity index (χ3v) is 10.6. The van der Waals surface area contributed by atoms with Crippen molar-refractivity contribution in [2.45, 2.75) is 30.9 Å². The second-order valence-electron chi connectivity index (χ2n) is 12.8. The highest BCUT2D eigenvalue weighted by molar-refractivity contribution is 7.92. The first-order valence-corrected chi connectivity index (χ1v) is 19.2. The van der Waals surface area contributed by atoms with Crippen LogP contribution in [0.15, 0.2) is 102 Å². The van der Waals surface area contributed by atoms with E-state index in [-0.39, 0.29) is 11.3 Å². The molecule has 6 rings (SSSR count). The van der Waals surface area contributed by atoms with E-state index in [1.807, 2.05) is 19.1 Å². The molecule has 2 heterocycles. The minimum Gasteiger partial charge on any atom is -0.496 e. The molecule has 12 nitrogen and oxygen atoms in total. The fraction of sp³-hybridized carbons (Fsp3) is 0.190. The number of hydrogen-bond acceptors (Lipinski definition) is 10. The summed E-state index contributed by atoms with van der Waals surface area (Å²) in [4.78, 5) is 34.0. The van der Waals surface area contributed by atoms with E-state index in [0.717, 1.165) is 12.7 Å². The van der Waals surface area contributed by atoms with E-state index in [9.17, 15) is 22.4 Å². The van der Waals surface area contributed by atoms with Gasteiger partial charge in [0.15, 0.2) is 0 Å². The zero-order valence-electron chi connectivity index (χ0n) is 31.6. The Morgan fingerprint density at radius 3 is 2.12 bits per heavy atom. The van der Waals surface area contributed by atoms with Gasteiger partial charge in [-0.05, 0) is 88.7 Å². The molecular weight excluding hydrogens is 778 g/mol. The Kier molecular flexibility index (Phi) is 12.6. The van der Waals surface area contributed by atoms with Gasteiger partial charge in [-0.25, -0.2) is 27.0 Å². The molecule has 0 aliphatic rings. The van der Waals surface area contributed by atoms with E-state index in [2.05, 4.69) is 20.0 Å². The molecule has 1 amide bonds. The fourth-order valence-electron chi connectivity index (χ4n) is 6.44. The van der Waals surface area contributed by atoms with Crippen LogP contribution in [0.5, 0.6) is 11.5 Å². The number of aromatic nitrogens is 2. The lowest BCUT2D eigenvalue weighted by molar-refractivity contribution is -0.142. The summed E-state index contributed by atoms with van der Waals surface area (Å²) in [6.45, 7) is 2.76. The zero-order chi connectivity index (χ0) is 41.6. The van der Waals surface area contributed by atoms with Gasteiger partial charge in [0.2, 0.25) is 5.95 Å². The topological polar surface area (TPSA) is 155 Å². The predicted octanol–water partition coefficient (Wildman–Crippen LogP) is 7.25. The van der Waals surface area contributed by atoms with E-state index in [1.165, 1.54) is 50.7 Å². The number of benzene rings is 4. The van der Waals surface area contributed by atoms with Crippen LogP contribution in [0.3, 0.4) is 0 Å². The van der Waals surface area contributed by atoms with Gasteiger partial charge in [0.1, 0.15) is 34.7 Å². The number of methoxy groups -OCH3 is 3. The molecule has 2 N–H and O–H groups in total. The second-order valence-corrected chi connectivity index (χ2v) is 14.5. The van der Waals surface area contributed by atoms with Gasteiger partial charge < -0.3 is 24.3 Å². The lowest BCUT2D eigenvalue weighted by Gasteiger charge is -2.20. The monoisotopic (exact) mass is 814 g/mol. The largest absolute Gasteiger partial charge is 0.496 e. The van der Waals surface area contributed by atoms with Crippen molar-refractivity contribution in [1.29, 1.82) is 0 Å². The van der Waals surface area contributed by atoms with Crippen molar-refractivity contribution in [3.63, 3.8) is 0 Å². The fourth-order valence-corrected chi connectivity index (χ4v) is 7.48. The molecule has 4 aromatic carbocycles. The summed E-state index contributed by atoms with van der Waals surface area (Å²) in [5.41, 5.74) is 2.13. The summed E-state index contributed by atoms with van der Waals surface area (Å²) >= 11 is 0. The van der Waals surface area contributed by atoms with Crippen LogP contribution in [-0.4, -0.2) is 64.2 Å². The average Bonchev–Trinajstić information content (AvgIpc) is 3.21. The third-order valence-electron chi connectivity index (χ3n) is 9.18. The number of nitrogens with zero attached hydrogens (tertiary/aromatic N) is 2. The summed E-state index contributed by atoms with van der Waals surface area (Å²) in [5.74, 6) is -4.65. The molecular formula is C42H37F3N4O8S. The molecule has 0 radical (unpaired) electrons. The Balaban J connectivity index is 1.24. The van der Waals surface area contributed by atoms with Gasteiger partial charge in [-0.15, -0.1) is 0 Å². The molecule has 0 spiro atoms. The second kappa shape index (κ2) is 17.7. The summed E-state index contributed by atoms with van der Waals surface area (Å²) in [7, 11) is -0.183. The molecule has 0 saturated heterocycles. The number of sulfonamides is 1. The number of ether oxygens (including phenoxy) is 4. The van der Waals surface area contributed by atoms with Crippen LogP contribution in [0, 0.1) is 17.6 Å². The number of anilines is 1. The number of carbonyl (C=O) groups is 2. The first-order valence-electron chi connectivity index (χ1n) is 17.7. The van der Waals surface area contributed by atoms with Crippen LogP contribution in [0.25, 0.3) is 33.0 Å². The molecule has 58 heavy (non-hydrogen) atoms. The molecule has 0 unspecified atom stereocenters. The van der Waals surface area contributed by atoms with Gasteiger partial charge in [-0.3, -0.25) is 14.5 Å². The van der Waals surface area contributed by atoms with Gasteiger partial charge >= 0.3 is 5.97 Å². The number of amides is 1. The number of esters is 1. The lowest BCUT2D eigenvalue weighted by atomic mass is 9.92. The highest BCUT2D eigenvalue weighted by atomic mass is 32.2. The van der Waals surface area contributed by atoms with Crippen molar-refractivity contribution < 1.29 is 50.1 Å². The van der Waals surface area contributed by atoms with E-state index in [0.29, 0.717) is 75.4 Å². The normalized spacial score (nSPS) is 11.8. The number of nitrogens with one attached hydrogen (secondary N) is 2. The number of rotatable bonds is 15. The zero-order valence-corrected chi connectivity index (χ0v) is 32.5. The van der Waals surface area contributed by atoms with Crippen LogP contribution >= 0.6 is 0 Å². The van der Waals surface area contributed by atoms with Crippen molar-refractivity contribution in [3.05, 3.63) is 132 Å². The Hall–Kier alpha value is -6.52. The maximum atomic E-state index is 15.5. The molecule has 16 heteroatoms. The minimum absolute atomic E-state index is 0.156. The van der Waals surface area contributed by atoms with Crippen LogP contribution in [-0.2, 0) is 37.3 Å².